The van der Waals surface area contributed by atoms with Gasteiger partial charge in [-0.3, -0.25) is 0 Å². The van der Waals surface area contributed by atoms with Crippen molar-refractivity contribution >= 4 is 11.6 Å². The average molecular weight is 203 g/mol. The Kier molecular flexibility index (Phi) is 5.86. The minimum Gasteiger partial charge on any atom is -0.123 e. The summed E-state index contributed by atoms with van der Waals surface area (Å²) in [5, 5.41) is 0.496. The summed E-state index contributed by atoms with van der Waals surface area (Å²) in [5.41, 5.74) is 0. The summed E-state index contributed by atoms with van der Waals surface area (Å²) in [4.78, 5) is 0. The smallest absolute Gasteiger partial charge is 0.0364 e. The highest BCUT2D eigenvalue weighted by Gasteiger charge is 2.21. The highest BCUT2D eigenvalue weighted by molar-refractivity contribution is 6.20. The maximum atomic E-state index is 6.30. The predicted octanol–water partition coefficient (Wildman–Crippen LogP) is 4.75. The molecule has 1 aliphatic carbocycles. The Morgan fingerprint density at radius 2 is 1.85 bits per heavy atom. The standard InChI is InChI=1S/C12H23Cl/c1-2-3-4-5-8-11-9-6-7-10-12(11)13/h11-12H,2-10H2,1H3. The molecule has 1 aliphatic rings. The van der Waals surface area contributed by atoms with Crippen LogP contribution < -0.4 is 0 Å². The highest BCUT2D eigenvalue weighted by Crippen LogP contribution is 2.32. The van der Waals surface area contributed by atoms with Gasteiger partial charge in [0.15, 0.2) is 0 Å². The van der Waals surface area contributed by atoms with Gasteiger partial charge in [0.1, 0.15) is 0 Å². The first kappa shape index (κ1) is 11.4. The number of hydrogen-bond acceptors (Lipinski definition) is 0. The molecule has 0 saturated heterocycles. The lowest BCUT2D eigenvalue weighted by Crippen LogP contribution is -2.19. The van der Waals surface area contributed by atoms with Crippen LogP contribution in [0.3, 0.4) is 0 Å². The van der Waals surface area contributed by atoms with Crippen molar-refractivity contribution in [2.24, 2.45) is 5.92 Å². The minimum absolute atomic E-state index is 0.496. The topological polar surface area (TPSA) is 0 Å². The minimum atomic E-state index is 0.496. The fraction of sp³-hybridized carbons (Fsp3) is 1.00. The summed E-state index contributed by atoms with van der Waals surface area (Å²) in [7, 11) is 0. The van der Waals surface area contributed by atoms with Gasteiger partial charge in [0, 0.05) is 5.38 Å². The summed E-state index contributed by atoms with van der Waals surface area (Å²) in [5.74, 6) is 0.840. The van der Waals surface area contributed by atoms with Crippen LogP contribution in [0, 0.1) is 5.92 Å². The van der Waals surface area contributed by atoms with Gasteiger partial charge in [0.05, 0.1) is 0 Å². The molecular formula is C12H23Cl. The fourth-order valence-electron chi connectivity index (χ4n) is 2.32. The molecule has 0 N–H and O–H groups in total. The predicted molar refractivity (Wildman–Crippen MR) is 60.4 cm³/mol. The molecule has 0 aromatic heterocycles. The van der Waals surface area contributed by atoms with Crippen LogP contribution in [0.15, 0.2) is 0 Å². The molecule has 78 valence electrons. The molecule has 0 aliphatic heterocycles. The largest absolute Gasteiger partial charge is 0.123 e. The van der Waals surface area contributed by atoms with Crippen LogP contribution in [0.2, 0.25) is 0 Å². The molecule has 13 heavy (non-hydrogen) atoms. The highest BCUT2D eigenvalue weighted by atomic mass is 35.5. The van der Waals surface area contributed by atoms with E-state index in [9.17, 15) is 0 Å². The van der Waals surface area contributed by atoms with Gasteiger partial charge >= 0.3 is 0 Å². The summed E-state index contributed by atoms with van der Waals surface area (Å²) < 4.78 is 0. The molecule has 1 rings (SSSR count). The molecule has 1 fully saturated rings. The Bertz CT molecular complexity index is 122. The molecular weight excluding hydrogens is 180 g/mol. The number of alkyl halides is 1. The van der Waals surface area contributed by atoms with E-state index in [1.807, 2.05) is 0 Å². The molecule has 2 unspecified atom stereocenters. The van der Waals surface area contributed by atoms with Gasteiger partial charge < -0.3 is 0 Å². The molecule has 0 amide bonds. The fourth-order valence-corrected chi connectivity index (χ4v) is 2.73. The van der Waals surface area contributed by atoms with E-state index in [1.165, 1.54) is 57.8 Å². The molecule has 2 atom stereocenters. The molecule has 1 heteroatoms. The van der Waals surface area contributed by atoms with Gasteiger partial charge in [0.2, 0.25) is 0 Å². The molecule has 0 nitrogen and oxygen atoms in total. The molecule has 0 radical (unpaired) electrons. The van der Waals surface area contributed by atoms with Crippen LogP contribution in [0.1, 0.15) is 64.7 Å². The first-order chi connectivity index (χ1) is 6.34. The van der Waals surface area contributed by atoms with Crippen LogP contribution in [0.5, 0.6) is 0 Å². The van der Waals surface area contributed by atoms with Gasteiger partial charge in [-0.1, -0.05) is 45.4 Å². The zero-order chi connectivity index (χ0) is 9.52. The van der Waals surface area contributed by atoms with Crippen molar-refractivity contribution in [1.29, 1.82) is 0 Å². The second-order valence-electron chi connectivity index (χ2n) is 4.41. The number of rotatable bonds is 5. The van der Waals surface area contributed by atoms with Crippen LogP contribution in [0.4, 0.5) is 0 Å². The molecule has 0 aromatic rings. The number of hydrogen-bond donors (Lipinski definition) is 0. The van der Waals surface area contributed by atoms with Crippen molar-refractivity contribution in [3.63, 3.8) is 0 Å². The van der Waals surface area contributed by atoms with E-state index in [2.05, 4.69) is 6.92 Å². The number of halogens is 1. The van der Waals surface area contributed by atoms with E-state index in [0.717, 1.165) is 5.92 Å². The first-order valence-corrected chi connectivity index (χ1v) is 6.42. The number of unbranched alkanes of at least 4 members (excludes halogenated alkanes) is 3. The third-order valence-corrected chi connectivity index (χ3v) is 3.82. The van der Waals surface area contributed by atoms with E-state index in [4.69, 9.17) is 11.6 Å². The SMILES string of the molecule is CCCCCCC1CCCCC1Cl. The Labute approximate surface area is 88.1 Å². The van der Waals surface area contributed by atoms with E-state index in [1.54, 1.807) is 0 Å². The lowest BCUT2D eigenvalue weighted by molar-refractivity contribution is 0.335. The normalized spacial score (nSPS) is 29.1. The van der Waals surface area contributed by atoms with Crippen molar-refractivity contribution in [2.45, 2.75) is 70.1 Å². The third kappa shape index (κ3) is 4.35. The van der Waals surface area contributed by atoms with Crippen LogP contribution >= 0.6 is 11.6 Å². The molecule has 0 spiro atoms. The van der Waals surface area contributed by atoms with Crippen molar-refractivity contribution in [3.05, 3.63) is 0 Å². The zero-order valence-electron chi connectivity index (χ0n) is 8.90. The van der Waals surface area contributed by atoms with E-state index < -0.39 is 0 Å². The average Bonchev–Trinajstić information content (AvgIpc) is 2.15. The third-order valence-electron chi connectivity index (χ3n) is 3.24. The van der Waals surface area contributed by atoms with E-state index >= 15 is 0 Å². The first-order valence-electron chi connectivity index (χ1n) is 5.98. The maximum absolute atomic E-state index is 6.30. The Hall–Kier alpha value is 0.290. The Morgan fingerprint density at radius 1 is 1.08 bits per heavy atom. The van der Waals surface area contributed by atoms with Crippen LogP contribution in [0.25, 0.3) is 0 Å². The molecule has 0 bridgehead atoms. The van der Waals surface area contributed by atoms with Crippen molar-refractivity contribution in [1.82, 2.24) is 0 Å². The van der Waals surface area contributed by atoms with Crippen molar-refractivity contribution in [3.8, 4) is 0 Å². The molecule has 1 saturated carbocycles. The van der Waals surface area contributed by atoms with E-state index in [0.29, 0.717) is 5.38 Å². The monoisotopic (exact) mass is 202 g/mol. The molecule has 0 heterocycles. The summed E-state index contributed by atoms with van der Waals surface area (Å²) in [6, 6.07) is 0. The summed E-state index contributed by atoms with van der Waals surface area (Å²) in [6.45, 7) is 2.27. The molecule has 0 aromatic carbocycles. The second kappa shape index (κ2) is 6.70. The maximum Gasteiger partial charge on any atom is 0.0364 e. The summed E-state index contributed by atoms with van der Waals surface area (Å²) in [6.07, 6.45) is 12.4. The van der Waals surface area contributed by atoms with Crippen molar-refractivity contribution < 1.29 is 0 Å². The summed E-state index contributed by atoms with van der Waals surface area (Å²) >= 11 is 6.30. The van der Waals surface area contributed by atoms with Gasteiger partial charge in [0.25, 0.3) is 0 Å². The zero-order valence-corrected chi connectivity index (χ0v) is 9.65. The van der Waals surface area contributed by atoms with Crippen LogP contribution in [-0.4, -0.2) is 5.38 Å². The Balaban J connectivity index is 2.05. The van der Waals surface area contributed by atoms with Crippen LogP contribution in [-0.2, 0) is 0 Å². The lowest BCUT2D eigenvalue weighted by Gasteiger charge is -2.26. The second-order valence-corrected chi connectivity index (χ2v) is 4.97. The quantitative estimate of drug-likeness (QED) is 0.446. The lowest BCUT2D eigenvalue weighted by atomic mass is 9.85. The van der Waals surface area contributed by atoms with Gasteiger partial charge in [-0.25, -0.2) is 0 Å². The van der Waals surface area contributed by atoms with Gasteiger partial charge in [-0.15, -0.1) is 11.6 Å². The van der Waals surface area contributed by atoms with E-state index in [-0.39, 0.29) is 0 Å². The van der Waals surface area contributed by atoms with Gasteiger partial charge in [-0.05, 0) is 25.2 Å². The Morgan fingerprint density at radius 3 is 2.54 bits per heavy atom. The van der Waals surface area contributed by atoms with Gasteiger partial charge in [-0.2, -0.15) is 0 Å². The van der Waals surface area contributed by atoms with Crippen molar-refractivity contribution in [2.75, 3.05) is 0 Å².